The zero-order valence-electron chi connectivity index (χ0n) is 45.2. The molecule has 0 aliphatic carbocycles. The number of hydrogen-bond acceptors (Lipinski definition) is 6. The predicted molar refractivity (Wildman–Crippen MR) is 284 cm³/mol. The standard InChI is InChI=1S/C60H116O6/c1-5-8-10-12-14-16-18-20-22-24-26-28-30-32-34-36-38-43-47-51-58(61)64-54-57(55-65-59(62)52-48-44-41-40-42-46-50-56(4)7-3)66-60(63)53-49-45-39-37-35-33-31-29-27-25-23-21-19-17-15-13-11-9-6-2/h56-57H,5-55H2,1-4H3/t56?,57-/m1/s1. The van der Waals surface area contributed by atoms with E-state index in [0.717, 1.165) is 63.7 Å². The largest absolute Gasteiger partial charge is 0.462 e. The van der Waals surface area contributed by atoms with Gasteiger partial charge in [-0.25, -0.2) is 0 Å². The lowest BCUT2D eigenvalue weighted by molar-refractivity contribution is -0.167. The van der Waals surface area contributed by atoms with Crippen LogP contribution in [0.15, 0.2) is 0 Å². The molecule has 6 nitrogen and oxygen atoms in total. The van der Waals surface area contributed by atoms with Gasteiger partial charge in [-0.05, 0) is 25.2 Å². The van der Waals surface area contributed by atoms with Gasteiger partial charge in [0.15, 0.2) is 6.10 Å². The Morgan fingerprint density at radius 2 is 0.530 bits per heavy atom. The molecule has 392 valence electrons. The van der Waals surface area contributed by atoms with Crippen LogP contribution in [0.5, 0.6) is 0 Å². The Labute approximate surface area is 412 Å². The number of carbonyl (C=O) groups excluding carboxylic acids is 3. The van der Waals surface area contributed by atoms with Crippen molar-refractivity contribution in [3.8, 4) is 0 Å². The monoisotopic (exact) mass is 933 g/mol. The maximum absolute atomic E-state index is 12.9. The molecular weight excluding hydrogens is 817 g/mol. The van der Waals surface area contributed by atoms with Gasteiger partial charge in [-0.2, -0.15) is 0 Å². The summed E-state index contributed by atoms with van der Waals surface area (Å²) < 4.78 is 16.9. The normalized spacial score (nSPS) is 12.4. The van der Waals surface area contributed by atoms with Crippen LogP contribution in [-0.2, 0) is 28.6 Å². The molecular formula is C60H116O6. The highest BCUT2D eigenvalue weighted by Gasteiger charge is 2.19. The molecule has 0 aliphatic rings. The fourth-order valence-electron chi connectivity index (χ4n) is 9.25. The molecule has 0 saturated heterocycles. The Morgan fingerprint density at radius 1 is 0.303 bits per heavy atom. The van der Waals surface area contributed by atoms with Crippen LogP contribution in [0.25, 0.3) is 0 Å². The van der Waals surface area contributed by atoms with E-state index in [9.17, 15) is 14.4 Å². The fourth-order valence-corrected chi connectivity index (χ4v) is 9.25. The zero-order chi connectivity index (χ0) is 48.1. The lowest BCUT2D eigenvalue weighted by Crippen LogP contribution is -2.30. The first-order valence-electron chi connectivity index (χ1n) is 29.9. The number of carbonyl (C=O) groups is 3. The number of unbranched alkanes of at least 4 members (excludes halogenated alkanes) is 41. The highest BCUT2D eigenvalue weighted by molar-refractivity contribution is 5.71. The number of rotatable bonds is 55. The molecule has 0 bridgehead atoms. The minimum Gasteiger partial charge on any atom is -0.462 e. The summed E-state index contributed by atoms with van der Waals surface area (Å²) in [5.41, 5.74) is 0. The van der Waals surface area contributed by atoms with Gasteiger partial charge in [0.1, 0.15) is 13.2 Å². The lowest BCUT2D eigenvalue weighted by atomic mass is 10.00. The van der Waals surface area contributed by atoms with Crippen molar-refractivity contribution >= 4 is 17.9 Å². The molecule has 0 aromatic heterocycles. The number of esters is 3. The van der Waals surface area contributed by atoms with Crippen molar-refractivity contribution in [3.63, 3.8) is 0 Å². The molecule has 0 aromatic carbocycles. The van der Waals surface area contributed by atoms with Gasteiger partial charge in [-0.3, -0.25) is 14.4 Å². The Morgan fingerprint density at radius 3 is 0.788 bits per heavy atom. The second kappa shape index (κ2) is 54.4. The van der Waals surface area contributed by atoms with Crippen LogP contribution in [0.2, 0.25) is 0 Å². The molecule has 0 N–H and O–H groups in total. The van der Waals surface area contributed by atoms with E-state index in [1.165, 1.54) is 238 Å². The summed E-state index contributed by atoms with van der Waals surface area (Å²) in [5.74, 6) is -0.0244. The Balaban J connectivity index is 4.22. The minimum atomic E-state index is -0.763. The first-order valence-corrected chi connectivity index (χ1v) is 29.9. The summed E-state index contributed by atoms with van der Waals surface area (Å²) in [6.07, 6.45) is 59.7. The smallest absolute Gasteiger partial charge is 0.306 e. The van der Waals surface area contributed by atoms with Crippen molar-refractivity contribution in [3.05, 3.63) is 0 Å². The van der Waals surface area contributed by atoms with E-state index < -0.39 is 6.10 Å². The van der Waals surface area contributed by atoms with E-state index >= 15 is 0 Å². The van der Waals surface area contributed by atoms with Crippen molar-refractivity contribution in [1.82, 2.24) is 0 Å². The van der Waals surface area contributed by atoms with E-state index in [1.54, 1.807) is 0 Å². The molecule has 0 spiro atoms. The van der Waals surface area contributed by atoms with Crippen molar-refractivity contribution in [1.29, 1.82) is 0 Å². The molecule has 0 fully saturated rings. The molecule has 0 aliphatic heterocycles. The third-order valence-corrected chi connectivity index (χ3v) is 14.2. The maximum Gasteiger partial charge on any atom is 0.306 e. The third kappa shape index (κ3) is 51.8. The summed E-state index contributed by atoms with van der Waals surface area (Å²) in [6.45, 7) is 9.03. The molecule has 2 atom stereocenters. The molecule has 1 unspecified atom stereocenters. The topological polar surface area (TPSA) is 78.9 Å². The molecule has 66 heavy (non-hydrogen) atoms. The van der Waals surface area contributed by atoms with Crippen molar-refractivity contribution < 1.29 is 28.6 Å². The Hall–Kier alpha value is -1.59. The molecule has 0 amide bonds. The van der Waals surface area contributed by atoms with Crippen molar-refractivity contribution in [2.24, 2.45) is 5.92 Å². The van der Waals surface area contributed by atoms with Crippen molar-refractivity contribution in [2.75, 3.05) is 13.2 Å². The van der Waals surface area contributed by atoms with E-state index in [0.29, 0.717) is 19.3 Å². The molecule has 0 radical (unpaired) electrons. The Bertz CT molecular complexity index is 998. The van der Waals surface area contributed by atoms with E-state index in [4.69, 9.17) is 14.2 Å². The fraction of sp³-hybridized carbons (Fsp3) is 0.950. The first kappa shape index (κ1) is 64.4. The Kier molecular flexibility index (Phi) is 53.0. The second-order valence-electron chi connectivity index (χ2n) is 20.9. The van der Waals surface area contributed by atoms with Crippen LogP contribution in [0, 0.1) is 5.92 Å². The van der Waals surface area contributed by atoms with Gasteiger partial charge in [-0.1, -0.05) is 304 Å². The van der Waals surface area contributed by atoms with E-state index in [-0.39, 0.29) is 31.1 Å². The summed E-state index contributed by atoms with van der Waals surface area (Å²) >= 11 is 0. The molecule has 0 rings (SSSR count). The molecule has 0 saturated carbocycles. The zero-order valence-corrected chi connectivity index (χ0v) is 45.2. The van der Waals surface area contributed by atoms with E-state index in [1.807, 2.05) is 0 Å². The summed E-state index contributed by atoms with van der Waals surface area (Å²) in [4.78, 5) is 38.1. The summed E-state index contributed by atoms with van der Waals surface area (Å²) in [7, 11) is 0. The van der Waals surface area contributed by atoms with Crippen LogP contribution < -0.4 is 0 Å². The van der Waals surface area contributed by atoms with E-state index in [2.05, 4.69) is 27.7 Å². The molecule has 0 aromatic rings. The van der Waals surface area contributed by atoms with Crippen LogP contribution in [-0.4, -0.2) is 37.2 Å². The predicted octanol–water partition coefficient (Wildman–Crippen LogP) is 19.8. The van der Waals surface area contributed by atoms with Gasteiger partial charge in [0.25, 0.3) is 0 Å². The van der Waals surface area contributed by atoms with Gasteiger partial charge in [0, 0.05) is 19.3 Å². The van der Waals surface area contributed by atoms with Gasteiger partial charge < -0.3 is 14.2 Å². The van der Waals surface area contributed by atoms with Crippen LogP contribution in [0.1, 0.15) is 342 Å². The SMILES string of the molecule is CCCCCCCCCCCCCCCCCCCCCC(=O)OC[C@H](COC(=O)CCCCCCCCC(C)CC)OC(=O)CCCCCCCCCCCCCCCCCCCCC. The number of ether oxygens (including phenoxy) is 3. The van der Waals surface area contributed by atoms with Crippen LogP contribution in [0.3, 0.4) is 0 Å². The lowest BCUT2D eigenvalue weighted by Gasteiger charge is -2.18. The second-order valence-corrected chi connectivity index (χ2v) is 20.9. The minimum absolute atomic E-state index is 0.0627. The van der Waals surface area contributed by atoms with Crippen LogP contribution in [0.4, 0.5) is 0 Å². The first-order chi connectivity index (χ1) is 32.4. The highest BCUT2D eigenvalue weighted by Crippen LogP contribution is 2.18. The average Bonchev–Trinajstić information content (AvgIpc) is 3.32. The number of hydrogen-bond donors (Lipinski definition) is 0. The summed E-state index contributed by atoms with van der Waals surface area (Å²) in [5, 5.41) is 0. The summed E-state index contributed by atoms with van der Waals surface area (Å²) in [6, 6.07) is 0. The van der Waals surface area contributed by atoms with Gasteiger partial charge in [-0.15, -0.1) is 0 Å². The maximum atomic E-state index is 12.9. The van der Waals surface area contributed by atoms with Crippen LogP contribution >= 0.6 is 0 Å². The molecule has 0 heterocycles. The quantitative estimate of drug-likeness (QED) is 0.0343. The average molecular weight is 934 g/mol. The third-order valence-electron chi connectivity index (χ3n) is 14.2. The van der Waals surface area contributed by atoms with Crippen molar-refractivity contribution in [2.45, 2.75) is 348 Å². The highest BCUT2D eigenvalue weighted by atomic mass is 16.6. The van der Waals surface area contributed by atoms with Gasteiger partial charge >= 0.3 is 17.9 Å². The van der Waals surface area contributed by atoms with Gasteiger partial charge in [0.05, 0.1) is 0 Å². The molecule has 6 heteroatoms. The van der Waals surface area contributed by atoms with Gasteiger partial charge in [0.2, 0.25) is 0 Å².